The van der Waals surface area contributed by atoms with Gasteiger partial charge in [-0.3, -0.25) is 9.59 Å². The lowest BCUT2D eigenvalue weighted by Crippen LogP contribution is -2.33. The van der Waals surface area contributed by atoms with Crippen LogP contribution in [-0.4, -0.2) is 35.1 Å². The molecule has 0 aromatic carbocycles. The molecule has 1 rings (SSSR count). The maximum absolute atomic E-state index is 11.2. The standard InChI is InChI=1S/C11H15N3O3/c1-2-6-14(7-9(15)16)11-8(10(12)17)4-3-5-13-11/h3-5H,2,6-7H2,1H3,(H2,12,17)(H,15,16). The Morgan fingerprint density at radius 1 is 1.53 bits per heavy atom. The molecule has 0 fully saturated rings. The van der Waals surface area contributed by atoms with Crippen LogP contribution in [0.2, 0.25) is 0 Å². The fraction of sp³-hybridized carbons (Fsp3) is 0.364. The molecule has 3 N–H and O–H groups in total. The molecular weight excluding hydrogens is 222 g/mol. The first kappa shape index (κ1) is 13.0. The molecule has 0 radical (unpaired) electrons. The summed E-state index contributed by atoms with van der Waals surface area (Å²) in [5, 5.41) is 8.82. The number of aliphatic carboxylic acids is 1. The SMILES string of the molecule is CCCN(CC(=O)O)c1ncccc1C(N)=O. The summed E-state index contributed by atoms with van der Waals surface area (Å²) in [7, 11) is 0. The van der Waals surface area contributed by atoms with E-state index in [-0.39, 0.29) is 12.1 Å². The number of aromatic nitrogens is 1. The summed E-state index contributed by atoms with van der Waals surface area (Å²) in [4.78, 5) is 27.5. The van der Waals surface area contributed by atoms with Crippen molar-refractivity contribution in [1.82, 2.24) is 4.98 Å². The van der Waals surface area contributed by atoms with E-state index >= 15 is 0 Å². The van der Waals surface area contributed by atoms with Gasteiger partial charge in [-0.15, -0.1) is 0 Å². The summed E-state index contributed by atoms with van der Waals surface area (Å²) >= 11 is 0. The Kier molecular flexibility index (Phi) is 4.45. The molecular formula is C11H15N3O3. The Bertz CT molecular complexity index is 420. The second-order valence-electron chi connectivity index (χ2n) is 3.55. The second-order valence-corrected chi connectivity index (χ2v) is 3.55. The van der Waals surface area contributed by atoms with Crippen molar-refractivity contribution in [3.63, 3.8) is 0 Å². The van der Waals surface area contributed by atoms with Gasteiger partial charge in [0.2, 0.25) is 0 Å². The molecule has 0 bridgehead atoms. The van der Waals surface area contributed by atoms with Gasteiger partial charge >= 0.3 is 5.97 Å². The predicted octanol–water partition coefficient (Wildman–Crippen LogP) is 0.481. The number of pyridine rings is 1. The summed E-state index contributed by atoms with van der Waals surface area (Å²) < 4.78 is 0. The number of rotatable bonds is 6. The molecule has 6 nitrogen and oxygen atoms in total. The second kappa shape index (κ2) is 5.83. The molecule has 1 aromatic rings. The monoisotopic (exact) mass is 237 g/mol. The van der Waals surface area contributed by atoms with E-state index in [1.165, 1.54) is 17.2 Å². The van der Waals surface area contributed by atoms with E-state index in [9.17, 15) is 9.59 Å². The van der Waals surface area contributed by atoms with Crippen molar-refractivity contribution in [2.75, 3.05) is 18.0 Å². The van der Waals surface area contributed by atoms with Gasteiger partial charge in [-0.25, -0.2) is 4.98 Å². The summed E-state index contributed by atoms with van der Waals surface area (Å²) in [5.41, 5.74) is 5.46. The van der Waals surface area contributed by atoms with Crippen molar-refractivity contribution in [3.8, 4) is 0 Å². The highest BCUT2D eigenvalue weighted by Gasteiger charge is 2.17. The molecule has 6 heteroatoms. The van der Waals surface area contributed by atoms with Crippen LogP contribution in [0.15, 0.2) is 18.3 Å². The number of carboxylic acid groups (broad SMARTS) is 1. The summed E-state index contributed by atoms with van der Waals surface area (Å²) in [6.45, 7) is 2.22. The molecule has 0 unspecified atom stereocenters. The average Bonchev–Trinajstić information content (AvgIpc) is 2.28. The molecule has 1 aromatic heterocycles. The molecule has 1 amide bonds. The van der Waals surface area contributed by atoms with Crippen LogP contribution in [0.5, 0.6) is 0 Å². The van der Waals surface area contributed by atoms with Crippen LogP contribution in [0, 0.1) is 0 Å². The van der Waals surface area contributed by atoms with Gasteiger partial charge in [0.05, 0.1) is 5.56 Å². The molecule has 17 heavy (non-hydrogen) atoms. The fourth-order valence-electron chi connectivity index (χ4n) is 1.53. The van der Waals surface area contributed by atoms with Crippen molar-refractivity contribution >= 4 is 17.7 Å². The van der Waals surface area contributed by atoms with Gasteiger partial charge in [0, 0.05) is 12.7 Å². The van der Waals surface area contributed by atoms with Gasteiger partial charge in [0.15, 0.2) is 0 Å². The summed E-state index contributed by atoms with van der Waals surface area (Å²) in [6.07, 6.45) is 2.26. The first-order valence-electron chi connectivity index (χ1n) is 5.27. The average molecular weight is 237 g/mol. The smallest absolute Gasteiger partial charge is 0.323 e. The lowest BCUT2D eigenvalue weighted by atomic mass is 10.2. The number of nitrogens with zero attached hydrogens (tertiary/aromatic N) is 2. The zero-order valence-corrected chi connectivity index (χ0v) is 9.59. The van der Waals surface area contributed by atoms with E-state index in [0.717, 1.165) is 6.42 Å². The maximum atomic E-state index is 11.2. The van der Waals surface area contributed by atoms with Crippen molar-refractivity contribution < 1.29 is 14.7 Å². The predicted molar refractivity (Wildman–Crippen MR) is 62.9 cm³/mol. The largest absolute Gasteiger partial charge is 0.480 e. The Morgan fingerprint density at radius 3 is 2.76 bits per heavy atom. The minimum atomic E-state index is -0.973. The number of nitrogens with two attached hydrogens (primary N) is 1. The molecule has 1 heterocycles. The van der Waals surface area contributed by atoms with Crippen LogP contribution in [-0.2, 0) is 4.79 Å². The van der Waals surface area contributed by atoms with E-state index in [1.807, 2.05) is 6.92 Å². The summed E-state index contributed by atoms with van der Waals surface area (Å²) in [6, 6.07) is 3.13. The third-order valence-corrected chi connectivity index (χ3v) is 2.17. The van der Waals surface area contributed by atoms with Crippen molar-refractivity contribution in [2.24, 2.45) is 5.73 Å². The Morgan fingerprint density at radius 2 is 2.24 bits per heavy atom. The molecule has 0 spiro atoms. The minimum absolute atomic E-state index is 0.203. The third-order valence-electron chi connectivity index (χ3n) is 2.17. The van der Waals surface area contributed by atoms with Crippen molar-refractivity contribution in [1.29, 1.82) is 0 Å². The van der Waals surface area contributed by atoms with Crippen LogP contribution in [0.4, 0.5) is 5.82 Å². The zero-order chi connectivity index (χ0) is 12.8. The van der Waals surface area contributed by atoms with Gasteiger partial charge in [-0.05, 0) is 18.6 Å². The molecule has 0 atom stereocenters. The van der Waals surface area contributed by atoms with E-state index in [2.05, 4.69) is 4.98 Å². The first-order chi connectivity index (χ1) is 8.06. The molecule has 0 aliphatic heterocycles. The number of carboxylic acids is 1. The van der Waals surface area contributed by atoms with Crippen LogP contribution >= 0.6 is 0 Å². The van der Waals surface area contributed by atoms with Crippen LogP contribution in [0.25, 0.3) is 0 Å². The Balaban J connectivity index is 3.08. The van der Waals surface area contributed by atoms with Crippen LogP contribution < -0.4 is 10.6 Å². The van der Waals surface area contributed by atoms with Crippen molar-refractivity contribution in [3.05, 3.63) is 23.9 Å². The summed E-state index contributed by atoms with van der Waals surface area (Å²) in [5.74, 6) is -1.26. The lowest BCUT2D eigenvalue weighted by molar-refractivity contribution is -0.135. The lowest BCUT2D eigenvalue weighted by Gasteiger charge is -2.22. The molecule has 92 valence electrons. The number of anilines is 1. The fourth-order valence-corrected chi connectivity index (χ4v) is 1.53. The van der Waals surface area contributed by atoms with Gasteiger partial charge in [-0.2, -0.15) is 0 Å². The van der Waals surface area contributed by atoms with Crippen LogP contribution in [0.1, 0.15) is 23.7 Å². The van der Waals surface area contributed by atoms with Crippen molar-refractivity contribution in [2.45, 2.75) is 13.3 Å². The molecule has 0 saturated carbocycles. The normalized spacial score (nSPS) is 9.94. The highest BCUT2D eigenvalue weighted by atomic mass is 16.4. The van der Waals surface area contributed by atoms with E-state index in [1.54, 1.807) is 6.07 Å². The number of amides is 1. The van der Waals surface area contributed by atoms with E-state index < -0.39 is 11.9 Å². The highest BCUT2D eigenvalue weighted by Crippen LogP contribution is 2.16. The number of hydrogen-bond donors (Lipinski definition) is 2. The molecule has 0 aliphatic carbocycles. The zero-order valence-electron chi connectivity index (χ0n) is 9.59. The number of carbonyl (C=O) groups excluding carboxylic acids is 1. The number of primary amides is 1. The highest BCUT2D eigenvalue weighted by molar-refractivity contribution is 5.98. The maximum Gasteiger partial charge on any atom is 0.323 e. The van der Waals surface area contributed by atoms with Gasteiger partial charge in [0.1, 0.15) is 12.4 Å². The minimum Gasteiger partial charge on any atom is -0.480 e. The topological polar surface area (TPSA) is 96.5 Å². The van der Waals surface area contributed by atoms with Gasteiger partial charge in [-0.1, -0.05) is 6.92 Å². The van der Waals surface area contributed by atoms with Crippen LogP contribution in [0.3, 0.4) is 0 Å². The van der Waals surface area contributed by atoms with E-state index in [4.69, 9.17) is 10.8 Å². The third kappa shape index (κ3) is 3.44. The van der Waals surface area contributed by atoms with Gasteiger partial charge in [0.25, 0.3) is 5.91 Å². The first-order valence-corrected chi connectivity index (χ1v) is 5.27. The Hall–Kier alpha value is -2.11. The molecule has 0 aliphatic rings. The molecule has 0 saturated heterocycles. The van der Waals surface area contributed by atoms with E-state index in [0.29, 0.717) is 12.4 Å². The number of carbonyl (C=O) groups is 2. The van der Waals surface area contributed by atoms with Gasteiger partial charge < -0.3 is 15.7 Å². The quantitative estimate of drug-likeness (QED) is 0.750. The number of hydrogen-bond acceptors (Lipinski definition) is 4. The Labute approximate surface area is 99.1 Å².